The highest BCUT2D eigenvalue weighted by Crippen LogP contribution is 2.38. The molecule has 0 aromatic heterocycles. The number of hydrogen-bond donors (Lipinski definition) is 1. The Kier molecular flexibility index (Phi) is 6.17. The van der Waals surface area contributed by atoms with Crippen molar-refractivity contribution >= 4 is 46.5 Å². The van der Waals surface area contributed by atoms with Gasteiger partial charge in [0.1, 0.15) is 0 Å². The molecule has 2 aromatic rings. The number of aryl methyl sites for hydroxylation is 1. The van der Waals surface area contributed by atoms with Crippen LogP contribution in [0, 0.1) is 6.92 Å². The SMILES string of the molecule is CCOC(=O)C(Nc1ccccc1C)c1c(Cl)ccc(Cl)c1Cl. The fraction of sp³-hybridized carbons (Fsp3) is 0.235. The van der Waals surface area contributed by atoms with Gasteiger partial charge in [0.15, 0.2) is 6.04 Å². The van der Waals surface area contributed by atoms with Crippen molar-refractivity contribution in [2.45, 2.75) is 19.9 Å². The molecule has 0 saturated carbocycles. The molecule has 0 saturated heterocycles. The summed E-state index contributed by atoms with van der Waals surface area (Å²) < 4.78 is 5.16. The van der Waals surface area contributed by atoms with E-state index in [-0.39, 0.29) is 11.6 Å². The molecule has 6 heteroatoms. The maximum atomic E-state index is 12.4. The first-order valence-corrected chi connectivity index (χ1v) is 8.21. The zero-order chi connectivity index (χ0) is 17.0. The Morgan fingerprint density at radius 3 is 2.43 bits per heavy atom. The fourth-order valence-corrected chi connectivity index (χ4v) is 2.93. The number of anilines is 1. The average molecular weight is 373 g/mol. The second-order valence-electron chi connectivity index (χ2n) is 4.90. The van der Waals surface area contributed by atoms with Crippen molar-refractivity contribution < 1.29 is 9.53 Å². The van der Waals surface area contributed by atoms with Gasteiger partial charge >= 0.3 is 5.97 Å². The van der Waals surface area contributed by atoms with Gasteiger partial charge in [-0.05, 0) is 37.6 Å². The third-order valence-electron chi connectivity index (χ3n) is 3.34. The molecule has 0 heterocycles. The van der Waals surface area contributed by atoms with Gasteiger partial charge in [-0.2, -0.15) is 0 Å². The van der Waals surface area contributed by atoms with Crippen LogP contribution in [0.25, 0.3) is 0 Å². The Bertz CT molecular complexity index is 719. The molecule has 0 bridgehead atoms. The lowest BCUT2D eigenvalue weighted by Gasteiger charge is -2.22. The Balaban J connectivity index is 2.50. The highest BCUT2D eigenvalue weighted by atomic mass is 35.5. The third kappa shape index (κ3) is 4.11. The topological polar surface area (TPSA) is 38.3 Å². The molecule has 2 rings (SSSR count). The molecule has 2 aromatic carbocycles. The van der Waals surface area contributed by atoms with E-state index in [0.717, 1.165) is 11.3 Å². The largest absolute Gasteiger partial charge is 0.464 e. The van der Waals surface area contributed by atoms with Gasteiger partial charge in [0.2, 0.25) is 0 Å². The first-order valence-electron chi connectivity index (χ1n) is 7.08. The number of halogens is 3. The van der Waals surface area contributed by atoms with Gasteiger partial charge in [-0.3, -0.25) is 0 Å². The zero-order valence-electron chi connectivity index (χ0n) is 12.7. The van der Waals surface area contributed by atoms with E-state index in [1.165, 1.54) is 0 Å². The van der Waals surface area contributed by atoms with Crippen LogP contribution in [0.3, 0.4) is 0 Å². The summed E-state index contributed by atoms with van der Waals surface area (Å²) in [6.45, 7) is 3.93. The van der Waals surface area contributed by atoms with E-state index in [1.54, 1.807) is 19.1 Å². The number of para-hydroxylation sites is 1. The van der Waals surface area contributed by atoms with Crippen LogP contribution in [0.2, 0.25) is 15.1 Å². The number of benzene rings is 2. The van der Waals surface area contributed by atoms with E-state index >= 15 is 0 Å². The molecular weight excluding hydrogens is 357 g/mol. The Morgan fingerprint density at radius 2 is 1.78 bits per heavy atom. The molecule has 0 spiro atoms. The highest BCUT2D eigenvalue weighted by molar-refractivity contribution is 6.44. The molecule has 0 radical (unpaired) electrons. The number of carbonyl (C=O) groups is 1. The summed E-state index contributed by atoms with van der Waals surface area (Å²) in [5, 5.41) is 4.06. The van der Waals surface area contributed by atoms with Gasteiger partial charge in [-0.25, -0.2) is 4.79 Å². The lowest BCUT2D eigenvalue weighted by atomic mass is 10.1. The maximum Gasteiger partial charge on any atom is 0.333 e. The van der Waals surface area contributed by atoms with E-state index in [2.05, 4.69) is 5.32 Å². The number of ether oxygens (including phenoxy) is 1. The Morgan fingerprint density at radius 1 is 1.13 bits per heavy atom. The van der Waals surface area contributed by atoms with E-state index in [9.17, 15) is 4.79 Å². The van der Waals surface area contributed by atoms with Gasteiger partial charge < -0.3 is 10.1 Å². The van der Waals surface area contributed by atoms with Crippen LogP contribution in [-0.4, -0.2) is 12.6 Å². The van der Waals surface area contributed by atoms with Crippen LogP contribution in [0.15, 0.2) is 36.4 Å². The summed E-state index contributed by atoms with van der Waals surface area (Å²) in [6.07, 6.45) is 0. The van der Waals surface area contributed by atoms with Crippen LogP contribution in [0.5, 0.6) is 0 Å². The molecule has 0 aliphatic carbocycles. The molecule has 3 nitrogen and oxygen atoms in total. The van der Waals surface area contributed by atoms with Crippen LogP contribution >= 0.6 is 34.8 Å². The zero-order valence-corrected chi connectivity index (χ0v) is 15.0. The van der Waals surface area contributed by atoms with Gasteiger partial charge in [-0.15, -0.1) is 0 Å². The van der Waals surface area contributed by atoms with E-state index in [1.807, 2.05) is 31.2 Å². The highest BCUT2D eigenvalue weighted by Gasteiger charge is 2.28. The minimum absolute atomic E-state index is 0.235. The standard InChI is InChI=1S/C17H16Cl3NO2/c1-3-23-17(22)16(21-13-7-5-4-6-10(13)2)14-11(18)8-9-12(19)15(14)20/h4-9,16,21H,3H2,1-2H3. The van der Waals surface area contributed by atoms with Crippen molar-refractivity contribution in [3.63, 3.8) is 0 Å². The van der Waals surface area contributed by atoms with Gasteiger partial charge in [0.25, 0.3) is 0 Å². The number of hydrogen-bond acceptors (Lipinski definition) is 3. The molecule has 23 heavy (non-hydrogen) atoms. The lowest BCUT2D eigenvalue weighted by molar-refractivity contribution is -0.144. The van der Waals surface area contributed by atoms with Crippen LogP contribution < -0.4 is 5.32 Å². The number of carbonyl (C=O) groups excluding carboxylic acids is 1. The molecule has 0 fully saturated rings. The minimum Gasteiger partial charge on any atom is -0.464 e. The van der Waals surface area contributed by atoms with Gasteiger partial charge in [0.05, 0.1) is 16.7 Å². The lowest BCUT2D eigenvalue weighted by Crippen LogP contribution is -2.24. The van der Waals surface area contributed by atoms with Crippen molar-refractivity contribution in [3.8, 4) is 0 Å². The molecule has 0 amide bonds. The van der Waals surface area contributed by atoms with E-state index in [0.29, 0.717) is 15.6 Å². The summed E-state index contributed by atoms with van der Waals surface area (Å²) in [5.41, 5.74) is 2.18. The number of nitrogens with one attached hydrogen (secondary N) is 1. The van der Waals surface area contributed by atoms with Crippen molar-refractivity contribution in [2.24, 2.45) is 0 Å². The van der Waals surface area contributed by atoms with Crippen molar-refractivity contribution in [3.05, 3.63) is 62.6 Å². The number of rotatable bonds is 5. The van der Waals surface area contributed by atoms with E-state index < -0.39 is 12.0 Å². The van der Waals surface area contributed by atoms with Gasteiger partial charge in [-0.1, -0.05) is 53.0 Å². The molecule has 0 aliphatic heterocycles. The smallest absolute Gasteiger partial charge is 0.333 e. The summed E-state index contributed by atoms with van der Waals surface area (Å²) in [4.78, 5) is 12.4. The fourth-order valence-electron chi connectivity index (χ4n) is 2.17. The van der Waals surface area contributed by atoms with E-state index in [4.69, 9.17) is 39.5 Å². The first-order chi connectivity index (χ1) is 11.0. The third-order valence-corrected chi connectivity index (χ3v) is 4.48. The van der Waals surface area contributed by atoms with Crippen molar-refractivity contribution in [1.82, 2.24) is 0 Å². The van der Waals surface area contributed by atoms with Crippen LogP contribution in [0.4, 0.5) is 5.69 Å². The first kappa shape index (κ1) is 17.9. The Hall–Kier alpha value is -1.42. The number of esters is 1. The van der Waals surface area contributed by atoms with Crippen LogP contribution in [-0.2, 0) is 9.53 Å². The molecule has 1 atom stereocenters. The second kappa shape index (κ2) is 7.91. The monoisotopic (exact) mass is 371 g/mol. The summed E-state index contributed by atoms with van der Waals surface area (Å²) in [6, 6.07) is 9.94. The predicted octanol–water partition coefficient (Wildman–Crippen LogP) is 5.67. The second-order valence-corrected chi connectivity index (χ2v) is 6.09. The van der Waals surface area contributed by atoms with Gasteiger partial charge in [0, 0.05) is 16.3 Å². The predicted molar refractivity (Wildman–Crippen MR) is 95.6 cm³/mol. The van der Waals surface area contributed by atoms with Crippen LogP contribution in [0.1, 0.15) is 24.1 Å². The minimum atomic E-state index is -0.852. The summed E-state index contributed by atoms with van der Waals surface area (Å²) in [5.74, 6) is -0.471. The quantitative estimate of drug-likeness (QED) is 0.542. The van der Waals surface area contributed by atoms with Crippen molar-refractivity contribution in [1.29, 1.82) is 0 Å². The molecule has 1 N–H and O–H groups in total. The Labute approximate surface area is 150 Å². The average Bonchev–Trinajstić information content (AvgIpc) is 2.52. The van der Waals surface area contributed by atoms with Crippen molar-refractivity contribution in [2.75, 3.05) is 11.9 Å². The summed E-state index contributed by atoms with van der Waals surface area (Å²) >= 11 is 18.6. The molecule has 122 valence electrons. The summed E-state index contributed by atoms with van der Waals surface area (Å²) in [7, 11) is 0. The molecular formula is C17H16Cl3NO2. The molecule has 0 aliphatic rings. The normalized spacial score (nSPS) is 11.9. The molecule has 1 unspecified atom stereocenters. The maximum absolute atomic E-state index is 12.4.